The molecule has 0 unspecified atom stereocenters. The molecule has 0 aliphatic carbocycles. The Bertz CT molecular complexity index is 625. The molecule has 0 saturated heterocycles. The topological polar surface area (TPSA) is 34.8 Å². The zero-order chi connectivity index (χ0) is 11.0. The molecule has 0 N–H and O–H groups in total. The number of tetrazole rings is 1. The van der Waals surface area contributed by atoms with Gasteiger partial charge in [0.1, 0.15) is 10.8 Å². The first-order valence-corrected chi connectivity index (χ1v) is 5.14. The number of hydrogen-bond donors (Lipinski definition) is 0. The molecule has 0 radical (unpaired) electrons. The largest absolute Gasteiger partial charge is 0.329 e. The summed E-state index contributed by atoms with van der Waals surface area (Å²) < 4.78 is 1.91. The Morgan fingerprint density at radius 3 is 2.69 bits per heavy atom. The summed E-state index contributed by atoms with van der Waals surface area (Å²) in [5, 5.41) is 8.22. The van der Waals surface area contributed by atoms with Crippen LogP contribution in [-0.4, -0.2) is 15.1 Å². The van der Waals surface area contributed by atoms with Crippen molar-refractivity contribution in [2.45, 2.75) is 6.92 Å². The summed E-state index contributed by atoms with van der Waals surface area (Å²) in [6.45, 7) is 2.07. The molecule has 2 heterocycles. The van der Waals surface area contributed by atoms with Crippen LogP contribution in [0.2, 0.25) is 0 Å². The standard InChI is InChI=1S/C12H11N4/c1-10-5-7-11(8-6-10)16-14-13-12-4-2-3-9-15(12)16/h2-9H,1H3/q+1. The first-order chi connectivity index (χ1) is 7.84. The highest BCUT2D eigenvalue weighted by molar-refractivity contribution is 5.32. The smallest absolute Gasteiger partial charge is 0.123 e. The lowest BCUT2D eigenvalue weighted by molar-refractivity contribution is -0.604. The van der Waals surface area contributed by atoms with Gasteiger partial charge in [-0.2, -0.15) is 0 Å². The Labute approximate surface area is 92.7 Å². The number of benzene rings is 1. The summed E-state index contributed by atoms with van der Waals surface area (Å²) in [6, 6.07) is 14.0. The van der Waals surface area contributed by atoms with Crippen LogP contribution in [0.15, 0.2) is 48.7 Å². The van der Waals surface area contributed by atoms with Crippen LogP contribution >= 0.6 is 0 Å². The monoisotopic (exact) mass is 211 g/mol. The van der Waals surface area contributed by atoms with Gasteiger partial charge < -0.3 is 0 Å². The maximum Gasteiger partial charge on any atom is 0.329 e. The molecule has 78 valence electrons. The third-order valence-electron chi connectivity index (χ3n) is 2.52. The van der Waals surface area contributed by atoms with E-state index in [0.717, 1.165) is 11.3 Å². The van der Waals surface area contributed by atoms with Crippen molar-refractivity contribution < 1.29 is 4.52 Å². The van der Waals surface area contributed by atoms with Gasteiger partial charge in [-0.25, -0.2) is 0 Å². The van der Waals surface area contributed by atoms with Gasteiger partial charge in [-0.05, 0) is 29.9 Å². The van der Waals surface area contributed by atoms with Gasteiger partial charge in [0.05, 0.1) is 6.20 Å². The molecule has 4 nitrogen and oxygen atoms in total. The molecule has 0 aliphatic heterocycles. The lowest BCUT2D eigenvalue weighted by atomic mass is 10.2. The van der Waals surface area contributed by atoms with Gasteiger partial charge in [-0.3, -0.25) is 0 Å². The van der Waals surface area contributed by atoms with Crippen molar-refractivity contribution in [3.05, 3.63) is 54.2 Å². The van der Waals surface area contributed by atoms with E-state index in [1.807, 2.05) is 41.0 Å². The maximum atomic E-state index is 4.12. The second kappa shape index (κ2) is 3.41. The van der Waals surface area contributed by atoms with E-state index in [2.05, 4.69) is 29.4 Å². The van der Waals surface area contributed by atoms with Gasteiger partial charge in [-0.15, -0.1) is 4.52 Å². The van der Waals surface area contributed by atoms with Crippen LogP contribution in [-0.2, 0) is 0 Å². The lowest BCUT2D eigenvalue weighted by Crippen LogP contribution is -2.31. The molecule has 0 atom stereocenters. The quantitative estimate of drug-likeness (QED) is 0.569. The summed E-state index contributed by atoms with van der Waals surface area (Å²) in [5.41, 5.74) is 3.07. The van der Waals surface area contributed by atoms with E-state index in [0.29, 0.717) is 0 Å². The molecule has 0 amide bonds. The average Bonchev–Trinajstić information content (AvgIpc) is 2.74. The summed E-state index contributed by atoms with van der Waals surface area (Å²) in [4.78, 5) is 1.77. The van der Waals surface area contributed by atoms with Gasteiger partial charge in [0.2, 0.25) is 0 Å². The third kappa shape index (κ3) is 1.35. The maximum absolute atomic E-state index is 4.12. The SMILES string of the molecule is Cc1ccc(-n2nnc3cccc[n+]32)cc1. The van der Waals surface area contributed by atoms with E-state index in [4.69, 9.17) is 0 Å². The van der Waals surface area contributed by atoms with E-state index in [1.165, 1.54) is 5.56 Å². The summed E-state index contributed by atoms with van der Waals surface area (Å²) in [6.07, 6.45) is 1.94. The van der Waals surface area contributed by atoms with Crippen LogP contribution in [0.4, 0.5) is 0 Å². The van der Waals surface area contributed by atoms with Crippen molar-refractivity contribution in [1.29, 1.82) is 0 Å². The number of rotatable bonds is 1. The van der Waals surface area contributed by atoms with Crippen molar-refractivity contribution in [3.8, 4) is 5.69 Å². The fraction of sp³-hybridized carbons (Fsp3) is 0.0833. The Morgan fingerprint density at radius 2 is 1.88 bits per heavy atom. The average molecular weight is 211 g/mol. The number of aromatic nitrogens is 4. The van der Waals surface area contributed by atoms with Crippen molar-refractivity contribution in [2.24, 2.45) is 0 Å². The first-order valence-electron chi connectivity index (χ1n) is 5.14. The normalized spacial score (nSPS) is 10.8. The number of hydrogen-bond acceptors (Lipinski definition) is 2. The molecule has 3 rings (SSSR count). The fourth-order valence-electron chi connectivity index (χ4n) is 1.65. The summed E-state index contributed by atoms with van der Waals surface area (Å²) in [5.74, 6) is 0. The zero-order valence-corrected chi connectivity index (χ0v) is 8.91. The van der Waals surface area contributed by atoms with Gasteiger partial charge in [0.25, 0.3) is 0 Å². The number of pyridine rings is 1. The minimum atomic E-state index is 0.836. The number of nitrogens with zero attached hydrogens (tertiary/aromatic N) is 4. The molecular formula is C12H11N4+. The van der Waals surface area contributed by atoms with Crippen molar-refractivity contribution in [3.63, 3.8) is 0 Å². The molecule has 2 aromatic heterocycles. The van der Waals surface area contributed by atoms with E-state index in [1.54, 1.807) is 4.80 Å². The van der Waals surface area contributed by atoms with Crippen LogP contribution in [0, 0.1) is 6.92 Å². The highest BCUT2D eigenvalue weighted by Gasteiger charge is 2.12. The minimum Gasteiger partial charge on any atom is -0.123 e. The number of aryl methyl sites for hydroxylation is 1. The highest BCUT2D eigenvalue weighted by Crippen LogP contribution is 2.05. The van der Waals surface area contributed by atoms with Crippen LogP contribution in [0.5, 0.6) is 0 Å². The Kier molecular flexibility index (Phi) is 1.93. The molecule has 0 spiro atoms. The molecule has 0 bridgehead atoms. The molecule has 16 heavy (non-hydrogen) atoms. The minimum absolute atomic E-state index is 0.836. The Balaban J connectivity index is 2.22. The van der Waals surface area contributed by atoms with Crippen LogP contribution in [0.25, 0.3) is 11.3 Å². The highest BCUT2D eigenvalue weighted by atomic mass is 15.6. The zero-order valence-electron chi connectivity index (χ0n) is 8.91. The summed E-state index contributed by atoms with van der Waals surface area (Å²) >= 11 is 0. The number of fused-ring (bicyclic) bond motifs is 1. The molecule has 0 saturated carbocycles. The first kappa shape index (κ1) is 9.03. The predicted octanol–water partition coefficient (Wildman–Crippen LogP) is 1.31. The molecule has 3 aromatic rings. The van der Waals surface area contributed by atoms with E-state index in [9.17, 15) is 0 Å². The molecule has 0 fully saturated rings. The Hall–Kier alpha value is -2.23. The van der Waals surface area contributed by atoms with Gasteiger partial charge >= 0.3 is 5.65 Å². The van der Waals surface area contributed by atoms with Crippen LogP contribution in [0.1, 0.15) is 5.56 Å². The summed E-state index contributed by atoms with van der Waals surface area (Å²) in [7, 11) is 0. The Morgan fingerprint density at radius 1 is 1.06 bits per heavy atom. The molecule has 1 aromatic carbocycles. The molecule has 4 heteroatoms. The van der Waals surface area contributed by atoms with Gasteiger partial charge in [-0.1, -0.05) is 23.8 Å². The van der Waals surface area contributed by atoms with Gasteiger partial charge in [0, 0.05) is 6.07 Å². The van der Waals surface area contributed by atoms with Crippen molar-refractivity contribution in [1.82, 2.24) is 15.1 Å². The van der Waals surface area contributed by atoms with E-state index >= 15 is 0 Å². The van der Waals surface area contributed by atoms with Crippen molar-refractivity contribution in [2.75, 3.05) is 0 Å². The lowest BCUT2D eigenvalue weighted by Gasteiger charge is -1.97. The second-order valence-electron chi connectivity index (χ2n) is 3.72. The van der Waals surface area contributed by atoms with Crippen molar-refractivity contribution >= 4 is 5.65 Å². The van der Waals surface area contributed by atoms with Crippen LogP contribution < -0.4 is 4.52 Å². The predicted molar refractivity (Wildman–Crippen MR) is 59.3 cm³/mol. The van der Waals surface area contributed by atoms with E-state index in [-0.39, 0.29) is 0 Å². The molecule has 0 aliphatic rings. The fourth-order valence-corrected chi connectivity index (χ4v) is 1.65. The van der Waals surface area contributed by atoms with Crippen LogP contribution in [0.3, 0.4) is 0 Å². The van der Waals surface area contributed by atoms with E-state index < -0.39 is 0 Å². The third-order valence-corrected chi connectivity index (χ3v) is 2.52. The molecular weight excluding hydrogens is 200 g/mol. The van der Waals surface area contributed by atoms with Gasteiger partial charge in [0.15, 0.2) is 5.21 Å². The second-order valence-corrected chi connectivity index (χ2v) is 3.72.